The predicted octanol–water partition coefficient (Wildman–Crippen LogP) is 0.865. The normalized spacial score (nSPS) is 23.3. The van der Waals surface area contributed by atoms with Gasteiger partial charge in [0.15, 0.2) is 0 Å². The van der Waals surface area contributed by atoms with E-state index >= 15 is 0 Å². The number of hydrogen-bond acceptors (Lipinski definition) is 2. The highest BCUT2D eigenvalue weighted by Gasteiger charge is 2.32. The highest BCUT2D eigenvalue weighted by Crippen LogP contribution is 2.07. The molecule has 0 aromatic rings. The Morgan fingerprint density at radius 3 is 1.75 bits per heavy atom. The molecule has 2 N–H and O–H groups in total. The molecule has 1 fully saturated rings. The van der Waals surface area contributed by atoms with Gasteiger partial charge in [-0.2, -0.15) is 13.1 Å². The van der Waals surface area contributed by atoms with E-state index in [2.05, 4.69) is 9.44 Å². The molecule has 76 valence electrons. The standard InChI is InChI=1S/C4H10N2O2S.C2H6.CH4/c1-4(2)3-5-9(7,8)6-4;1-2;/h5-6H,3H2,1-2H3;1-2H3;1H4. The number of hydrogen-bond donors (Lipinski definition) is 2. The van der Waals surface area contributed by atoms with Crippen molar-refractivity contribution in [3.8, 4) is 0 Å². The third kappa shape index (κ3) is 4.69. The molecule has 12 heavy (non-hydrogen) atoms. The van der Waals surface area contributed by atoms with Crippen molar-refractivity contribution in [2.75, 3.05) is 6.54 Å². The van der Waals surface area contributed by atoms with Crippen LogP contribution in [0, 0.1) is 0 Å². The Morgan fingerprint density at radius 2 is 1.67 bits per heavy atom. The molecule has 0 radical (unpaired) electrons. The summed E-state index contributed by atoms with van der Waals surface area (Å²) in [5.41, 5.74) is -0.321. The van der Waals surface area contributed by atoms with Gasteiger partial charge in [0, 0.05) is 12.1 Å². The fourth-order valence-corrected chi connectivity index (χ4v) is 2.13. The van der Waals surface area contributed by atoms with Crippen LogP contribution < -0.4 is 9.44 Å². The first kappa shape index (κ1) is 14.4. The van der Waals surface area contributed by atoms with E-state index in [4.69, 9.17) is 0 Å². The third-order valence-electron chi connectivity index (χ3n) is 1.11. The second-order valence-electron chi connectivity index (χ2n) is 2.81. The van der Waals surface area contributed by atoms with E-state index in [1.807, 2.05) is 27.7 Å². The summed E-state index contributed by atoms with van der Waals surface area (Å²) in [5.74, 6) is 0. The van der Waals surface area contributed by atoms with Gasteiger partial charge in [0.2, 0.25) is 0 Å². The minimum atomic E-state index is -3.15. The highest BCUT2D eigenvalue weighted by molar-refractivity contribution is 7.87. The van der Waals surface area contributed by atoms with Crippen LogP contribution in [0.4, 0.5) is 0 Å². The summed E-state index contributed by atoms with van der Waals surface area (Å²) in [5, 5.41) is 0. The SMILES string of the molecule is C.CC.CC1(C)CNS(=O)(=O)N1. The topological polar surface area (TPSA) is 58.2 Å². The minimum Gasteiger partial charge on any atom is -0.200 e. The van der Waals surface area contributed by atoms with E-state index in [-0.39, 0.29) is 13.0 Å². The molecule has 0 aromatic carbocycles. The van der Waals surface area contributed by atoms with Crippen molar-refractivity contribution in [2.45, 2.75) is 40.7 Å². The van der Waals surface area contributed by atoms with Gasteiger partial charge in [-0.3, -0.25) is 0 Å². The Morgan fingerprint density at radius 1 is 1.25 bits per heavy atom. The third-order valence-corrected chi connectivity index (χ3v) is 2.46. The van der Waals surface area contributed by atoms with Gasteiger partial charge in [0.25, 0.3) is 10.2 Å². The summed E-state index contributed by atoms with van der Waals surface area (Å²) in [4.78, 5) is 0. The summed E-state index contributed by atoms with van der Waals surface area (Å²) in [6.45, 7) is 8.12. The minimum absolute atomic E-state index is 0. The van der Waals surface area contributed by atoms with Gasteiger partial charge >= 0.3 is 0 Å². The van der Waals surface area contributed by atoms with Crippen LogP contribution in [0.5, 0.6) is 0 Å². The van der Waals surface area contributed by atoms with Gasteiger partial charge in [0.05, 0.1) is 0 Å². The number of rotatable bonds is 0. The largest absolute Gasteiger partial charge is 0.277 e. The second-order valence-corrected chi connectivity index (χ2v) is 4.31. The zero-order valence-electron chi connectivity index (χ0n) is 7.43. The Balaban J connectivity index is 0. The highest BCUT2D eigenvalue weighted by atomic mass is 32.2. The Labute approximate surface area is 75.9 Å². The molecule has 0 atom stereocenters. The maximum absolute atomic E-state index is 10.6. The van der Waals surface area contributed by atoms with Crippen LogP contribution in [0.15, 0.2) is 0 Å². The van der Waals surface area contributed by atoms with E-state index in [1.165, 1.54) is 0 Å². The molecule has 4 nitrogen and oxygen atoms in total. The van der Waals surface area contributed by atoms with Crippen LogP contribution in [-0.4, -0.2) is 20.5 Å². The van der Waals surface area contributed by atoms with Gasteiger partial charge in [-0.25, -0.2) is 4.72 Å². The molecule has 1 heterocycles. The lowest BCUT2D eigenvalue weighted by atomic mass is 10.1. The molecule has 1 saturated heterocycles. The van der Waals surface area contributed by atoms with Crippen LogP contribution in [0.3, 0.4) is 0 Å². The van der Waals surface area contributed by atoms with Crippen molar-refractivity contribution in [1.82, 2.24) is 9.44 Å². The predicted molar refractivity (Wildman–Crippen MR) is 52.2 cm³/mol. The van der Waals surface area contributed by atoms with Crippen molar-refractivity contribution in [1.29, 1.82) is 0 Å². The van der Waals surface area contributed by atoms with Crippen LogP contribution in [0.1, 0.15) is 35.1 Å². The van der Waals surface area contributed by atoms with Gasteiger partial charge in [0.1, 0.15) is 0 Å². The van der Waals surface area contributed by atoms with Crippen molar-refractivity contribution in [3.63, 3.8) is 0 Å². The van der Waals surface area contributed by atoms with Crippen LogP contribution >= 0.6 is 0 Å². The van der Waals surface area contributed by atoms with Crippen molar-refractivity contribution >= 4 is 10.2 Å². The zero-order chi connectivity index (χ0) is 9.12. The monoisotopic (exact) mass is 196 g/mol. The lowest BCUT2D eigenvalue weighted by molar-refractivity contribution is 0.502. The summed E-state index contributed by atoms with van der Waals surface area (Å²) in [6.07, 6.45) is 0. The number of nitrogens with one attached hydrogen (secondary N) is 2. The molecule has 0 aromatic heterocycles. The summed E-state index contributed by atoms with van der Waals surface area (Å²) in [6, 6.07) is 0. The lowest BCUT2D eigenvalue weighted by Gasteiger charge is -2.12. The quantitative estimate of drug-likeness (QED) is 0.604. The first-order valence-electron chi connectivity index (χ1n) is 3.70. The van der Waals surface area contributed by atoms with Gasteiger partial charge < -0.3 is 0 Å². The molecule has 1 aliphatic heterocycles. The molecular weight excluding hydrogens is 176 g/mol. The molecule has 0 amide bonds. The van der Waals surface area contributed by atoms with Gasteiger partial charge in [-0.1, -0.05) is 21.3 Å². The molecule has 0 aliphatic carbocycles. The molecule has 0 unspecified atom stereocenters. The molecule has 1 aliphatic rings. The van der Waals surface area contributed by atoms with Crippen molar-refractivity contribution < 1.29 is 8.42 Å². The smallest absolute Gasteiger partial charge is 0.200 e. The average molecular weight is 196 g/mol. The van der Waals surface area contributed by atoms with Gasteiger partial charge in [-0.05, 0) is 13.8 Å². The van der Waals surface area contributed by atoms with Crippen LogP contribution in [0.2, 0.25) is 0 Å². The van der Waals surface area contributed by atoms with E-state index in [0.29, 0.717) is 6.54 Å². The average Bonchev–Trinajstić information content (AvgIpc) is 2.10. The molecular formula is C7H20N2O2S. The maximum Gasteiger partial charge on any atom is 0.277 e. The molecule has 0 bridgehead atoms. The summed E-state index contributed by atoms with van der Waals surface area (Å²) >= 11 is 0. The zero-order valence-corrected chi connectivity index (χ0v) is 8.25. The Hall–Kier alpha value is -0.130. The first-order chi connectivity index (χ1) is 4.91. The first-order valence-corrected chi connectivity index (χ1v) is 5.18. The Bertz CT molecular complexity index is 209. The van der Waals surface area contributed by atoms with Crippen molar-refractivity contribution in [2.24, 2.45) is 0 Å². The maximum atomic E-state index is 10.6. The Kier molecular flexibility index (Phi) is 5.75. The van der Waals surface area contributed by atoms with Crippen molar-refractivity contribution in [3.05, 3.63) is 0 Å². The van der Waals surface area contributed by atoms with Crippen LogP contribution in [-0.2, 0) is 10.2 Å². The summed E-state index contributed by atoms with van der Waals surface area (Å²) in [7, 11) is -3.15. The fraction of sp³-hybridized carbons (Fsp3) is 1.00. The molecule has 5 heteroatoms. The van der Waals surface area contributed by atoms with E-state index < -0.39 is 10.2 Å². The fourth-order valence-electron chi connectivity index (χ4n) is 0.711. The second kappa shape index (κ2) is 4.79. The lowest BCUT2D eigenvalue weighted by Crippen LogP contribution is -2.36. The van der Waals surface area contributed by atoms with E-state index in [0.717, 1.165) is 0 Å². The van der Waals surface area contributed by atoms with E-state index in [9.17, 15) is 8.42 Å². The van der Waals surface area contributed by atoms with E-state index in [1.54, 1.807) is 0 Å². The van der Waals surface area contributed by atoms with Crippen LogP contribution in [0.25, 0.3) is 0 Å². The molecule has 1 rings (SSSR count). The molecule has 0 saturated carbocycles. The summed E-state index contributed by atoms with van der Waals surface area (Å²) < 4.78 is 26.0. The van der Waals surface area contributed by atoms with Gasteiger partial charge in [-0.15, -0.1) is 0 Å². The molecule has 0 spiro atoms.